The van der Waals surface area contributed by atoms with Crippen LogP contribution in [0.5, 0.6) is 0 Å². The quantitative estimate of drug-likeness (QED) is 0.371. The second-order valence-electron chi connectivity index (χ2n) is 6.23. The number of nitrogens with zero attached hydrogens (tertiary/aromatic N) is 4. The van der Waals surface area contributed by atoms with Gasteiger partial charge in [0.2, 0.25) is 0 Å². The van der Waals surface area contributed by atoms with Gasteiger partial charge < -0.3 is 24.2 Å². The Morgan fingerprint density at radius 1 is 1.07 bits per heavy atom. The summed E-state index contributed by atoms with van der Waals surface area (Å²) in [7, 11) is 0. The molecule has 0 spiro atoms. The van der Waals surface area contributed by atoms with E-state index in [9.17, 15) is 24.4 Å². The molecule has 13 heteroatoms. The Kier molecular flexibility index (Phi) is 5.50. The van der Waals surface area contributed by atoms with Crippen molar-refractivity contribution in [3.63, 3.8) is 0 Å². The molecule has 1 aliphatic rings. The van der Waals surface area contributed by atoms with E-state index in [-0.39, 0.29) is 22.5 Å². The number of fused-ring (bicyclic) bond motifs is 1. The molecule has 2 aromatic rings. The fourth-order valence-corrected chi connectivity index (χ4v) is 3.01. The monoisotopic (exact) mass is 410 g/mol. The lowest BCUT2D eigenvalue weighted by Gasteiger charge is -2.23. The predicted octanol–water partition coefficient (Wildman–Crippen LogP) is -0.846. The standard InChI is InChI=1S/C16H18N4O9/c1-7(21)26-4-10-12(27-8(2)22)13(28-9(3)23)16(29-10)19-5-17-11-14(19)18-6-20(25)15(11)24/h5-6,10,12-13,16,25H,4H2,1-3H3/t10-,12-,13-,16-/m1/s1. The highest BCUT2D eigenvalue weighted by molar-refractivity contribution is 5.70. The minimum atomic E-state index is -1.15. The summed E-state index contributed by atoms with van der Waals surface area (Å²) in [5, 5.41) is 9.45. The van der Waals surface area contributed by atoms with Crippen LogP contribution in [0, 0.1) is 0 Å². The average molecular weight is 410 g/mol. The predicted molar refractivity (Wildman–Crippen MR) is 90.6 cm³/mol. The number of aromatic nitrogens is 4. The number of carbonyl (C=O) groups is 3. The van der Waals surface area contributed by atoms with Crippen LogP contribution in [0.25, 0.3) is 11.2 Å². The fourth-order valence-electron chi connectivity index (χ4n) is 3.01. The van der Waals surface area contributed by atoms with Crippen molar-refractivity contribution in [2.45, 2.75) is 45.3 Å². The molecule has 0 radical (unpaired) electrons. The first kappa shape index (κ1) is 20.3. The molecule has 3 rings (SSSR count). The van der Waals surface area contributed by atoms with E-state index in [1.165, 1.54) is 24.7 Å². The van der Waals surface area contributed by atoms with Crippen molar-refractivity contribution in [1.29, 1.82) is 0 Å². The van der Waals surface area contributed by atoms with Crippen LogP contribution in [0.2, 0.25) is 0 Å². The van der Waals surface area contributed by atoms with E-state index in [1.54, 1.807) is 0 Å². The molecular weight excluding hydrogens is 392 g/mol. The molecule has 156 valence electrons. The third-order valence-electron chi connectivity index (χ3n) is 4.08. The van der Waals surface area contributed by atoms with E-state index in [2.05, 4.69) is 9.97 Å². The Labute approximate surface area is 162 Å². The Bertz CT molecular complexity index is 1010. The van der Waals surface area contributed by atoms with Crippen LogP contribution >= 0.6 is 0 Å². The zero-order valence-electron chi connectivity index (χ0n) is 15.7. The topological polar surface area (TPSA) is 161 Å². The lowest BCUT2D eigenvalue weighted by atomic mass is 10.1. The minimum Gasteiger partial charge on any atom is -0.463 e. The van der Waals surface area contributed by atoms with E-state index < -0.39 is 48.0 Å². The van der Waals surface area contributed by atoms with Crippen molar-refractivity contribution in [2.24, 2.45) is 0 Å². The maximum absolute atomic E-state index is 12.0. The van der Waals surface area contributed by atoms with Gasteiger partial charge in [-0.2, -0.15) is 0 Å². The molecule has 0 bridgehead atoms. The van der Waals surface area contributed by atoms with Crippen molar-refractivity contribution in [3.05, 3.63) is 23.0 Å². The molecule has 0 saturated carbocycles. The zero-order chi connectivity index (χ0) is 21.3. The summed E-state index contributed by atoms with van der Waals surface area (Å²) in [5.74, 6) is -1.93. The van der Waals surface area contributed by atoms with E-state index in [4.69, 9.17) is 18.9 Å². The zero-order valence-corrected chi connectivity index (χ0v) is 15.7. The highest BCUT2D eigenvalue weighted by Crippen LogP contribution is 2.35. The van der Waals surface area contributed by atoms with Crippen LogP contribution in [0.15, 0.2) is 17.4 Å². The number of esters is 3. The number of carbonyl (C=O) groups excluding carboxylic acids is 3. The van der Waals surface area contributed by atoms with Gasteiger partial charge in [-0.3, -0.25) is 23.7 Å². The largest absolute Gasteiger partial charge is 0.463 e. The van der Waals surface area contributed by atoms with Gasteiger partial charge in [0.25, 0.3) is 0 Å². The Hall–Kier alpha value is -3.48. The summed E-state index contributed by atoms with van der Waals surface area (Å²) in [5.41, 5.74) is -0.936. The lowest BCUT2D eigenvalue weighted by Crippen LogP contribution is -2.40. The molecule has 1 saturated heterocycles. The first-order valence-electron chi connectivity index (χ1n) is 8.45. The van der Waals surface area contributed by atoms with Crippen molar-refractivity contribution < 1.29 is 38.5 Å². The maximum atomic E-state index is 12.0. The summed E-state index contributed by atoms with van der Waals surface area (Å²) in [6, 6.07) is 0. The smallest absolute Gasteiger partial charge is 0.314 e. The molecule has 0 unspecified atom stereocenters. The first-order valence-corrected chi connectivity index (χ1v) is 8.45. The summed E-state index contributed by atoms with van der Waals surface area (Å²) in [4.78, 5) is 54.3. The molecule has 29 heavy (non-hydrogen) atoms. The molecule has 2 aromatic heterocycles. The third-order valence-corrected chi connectivity index (χ3v) is 4.08. The van der Waals surface area contributed by atoms with Gasteiger partial charge in [0, 0.05) is 20.8 Å². The highest BCUT2D eigenvalue weighted by Gasteiger charge is 2.51. The molecule has 1 aliphatic heterocycles. The minimum absolute atomic E-state index is 0.0390. The van der Waals surface area contributed by atoms with Gasteiger partial charge in [-0.1, -0.05) is 0 Å². The van der Waals surface area contributed by atoms with E-state index >= 15 is 0 Å². The summed E-state index contributed by atoms with van der Waals surface area (Å²) < 4.78 is 22.9. The highest BCUT2D eigenvalue weighted by atomic mass is 16.7. The average Bonchev–Trinajstić information content (AvgIpc) is 3.18. The second-order valence-corrected chi connectivity index (χ2v) is 6.23. The van der Waals surface area contributed by atoms with Gasteiger partial charge in [-0.25, -0.2) is 9.97 Å². The van der Waals surface area contributed by atoms with Gasteiger partial charge in [0.1, 0.15) is 19.0 Å². The van der Waals surface area contributed by atoms with Crippen molar-refractivity contribution in [3.8, 4) is 0 Å². The summed E-state index contributed by atoms with van der Waals surface area (Å²) in [6.07, 6.45) is -2.23. The molecule has 0 aliphatic carbocycles. The Morgan fingerprint density at radius 3 is 2.34 bits per heavy atom. The molecule has 0 amide bonds. The molecule has 13 nitrogen and oxygen atoms in total. The SMILES string of the molecule is CC(=O)OC[C@H]1O[C@@H](n2cnc3c(=O)n(O)cnc32)[C@H](OC(C)=O)[C@@H]1OC(C)=O. The molecule has 1 fully saturated rings. The number of hydrogen-bond donors (Lipinski definition) is 1. The summed E-state index contributed by atoms with van der Waals surface area (Å²) in [6.45, 7) is 3.25. The van der Waals surface area contributed by atoms with Crippen LogP contribution in [-0.2, 0) is 33.3 Å². The van der Waals surface area contributed by atoms with Crippen molar-refractivity contribution in [1.82, 2.24) is 19.3 Å². The molecule has 1 N–H and O–H groups in total. The van der Waals surface area contributed by atoms with E-state index in [1.807, 2.05) is 0 Å². The number of rotatable bonds is 5. The molecule has 3 heterocycles. The molecule has 4 atom stereocenters. The molecule has 0 aromatic carbocycles. The lowest BCUT2D eigenvalue weighted by molar-refractivity contribution is -0.166. The van der Waals surface area contributed by atoms with Crippen LogP contribution in [0.4, 0.5) is 0 Å². The first-order chi connectivity index (χ1) is 13.7. The fraction of sp³-hybridized carbons (Fsp3) is 0.500. The molecular formula is C16H18N4O9. The second kappa shape index (κ2) is 7.87. The van der Waals surface area contributed by atoms with E-state index in [0.29, 0.717) is 0 Å². The van der Waals surface area contributed by atoms with Crippen molar-refractivity contribution in [2.75, 3.05) is 6.61 Å². The van der Waals surface area contributed by atoms with Gasteiger partial charge in [0.15, 0.2) is 29.6 Å². The number of imidazole rings is 1. The van der Waals surface area contributed by atoms with E-state index in [0.717, 1.165) is 13.3 Å². The van der Waals surface area contributed by atoms with Gasteiger partial charge in [0.05, 0.1) is 6.33 Å². The van der Waals surface area contributed by atoms with Crippen LogP contribution in [0.1, 0.15) is 27.0 Å². The number of ether oxygens (including phenoxy) is 4. The van der Waals surface area contributed by atoms with Crippen molar-refractivity contribution >= 4 is 29.1 Å². The normalized spacial score (nSPS) is 23.7. The van der Waals surface area contributed by atoms with Gasteiger partial charge in [-0.15, -0.1) is 4.73 Å². The number of hydrogen-bond acceptors (Lipinski definition) is 11. The van der Waals surface area contributed by atoms with Gasteiger partial charge >= 0.3 is 23.5 Å². The van der Waals surface area contributed by atoms with Gasteiger partial charge in [-0.05, 0) is 0 Å². The summed E-state index contributed by atoms with van der Waals surface area (Å²) >= 11 is 0. The maximum Gasteiger partial charge on any atom is 0.314 e. The van der Waals surface area contributed by atoms with Crippen LogP contribution < -0.4 is 5.56 Å². The Balaban J connectivity index is 2.04. The van der Waals surface area contributed by atoms with Crippen LogP contribution in [0.3, 0.4) is 0 Å². The van der Waals surface area contributed by atoms with Crippen LogP contribution in [-0.4, -0.2) is 67.3 Å². The Morgan fingerprint density at radius 2 is 1.72 bits per heavy atom. The third kappa shape index (κ3) is 4.03.